The van der Waals surface area contributed by atoms with Crippen molar-refractivity contribution in [3.05, 3.63) is 41.1 Å². The van der Waals surface area contributed by atoms with Gasteiger partial charge in [0.1, 0.15) is 5.69 Å². The van der Waals surface area contributed by atoms with E-state index < -0.39 is 35.2 Å². The van der Waals surface area contributed by atoms with Crippen LogP contribution in [0.25, 0.3) is 10.9 Å². The molecular weight excluding hydrogens is 386 g/mol. The highest BCUT2D eigenvalue weighted by Crippen LogP contribution is 2.42. The molecule has 2 saturated heterocycles. The molecule has 0 amide bonds. The van der Waals surface area contributed by atoms with E-state index >= 15 is 0 Å². The molecule has 9 heteroatoms. The number of alkyl halides is 6. The summed E-state index contributed by atoms with van der Waals surface area (Å²) in [6, 6.07) is 4.05. The smallest absolute Gasteiger partial charge is 0.371 e. The van der Waals surface area contributed by atoms with Gasteiger partial charge in [-0.3, -0.25) is 4.90 Å². The minimum absolute atomic E-state index is 0.0558. The van der Waals surface area contributed by atoms with Crippen LogP contribution in [0.15, 0.2) is 24.3 Å². The van der Waals surface area contributed by atoms with E-state index in [1.807, 2.05) is 0 Å². The van der Waals surface area contributed by atoms with Gasteiger partial charge in [-0.25, -0.2) is 4.98 Å². The molecule has 2 aliphatic rings. The number of para-hydroxylation sites is 1. The summed E-state index contributed by atoms with van der Waals surface area (Å²) in [5, 5.41) is 0.0558. The largest absolute Gasteiger partial charge is 0.433 e. The molecule has 3 nitrogen and oxygen atoms in total. The minimum Gasteiger partial charge on any atom is -0.371 e. The molecule has 2 atom stereocenters. The number of morpholine rings is 1. The molecule has 28 heavy (non-hydrogen) atoms. The van der Waals surface area contributed by atoms with Gasteiger partial charge in [0.05, 0.1) is 23.8 Å². The molecule has 0 N–H and O–H groups in total. The Labute approximate surface area is 157 Å². The number of hydrogen-bond acceptors (Lipinski definition) is 3. The van der Waals surface area contributed by atoms with Crippen LogP contribution < -0.4 is 0 Å². The molecule has 0 radical (unpaired) electrons. The molecule has 0 aliphatic carbocycles. The predicted octanol–water partition coefficient (Wildman–Crippen LogP) is 5.20. The molecule has 4 rings (SSSR count). The highest BCUT2D eigenvalue weighted by Gasteiger charge is 2.41. The average Bonchev–Trinajstić information content (AvgIpc) is 2.64. The molecule has 2 aromatic rings. The topological polar surface area (TPSA) is 25.4 Å². The highest BCUT2D eigenvalue weighted by atomic mass is 19.4. The first-order chi connectivity index (χ1) is 13.2. The molecule has 0 saturated carbocycles. The lowest BCUT2D eigenvalue weighted by atomic mass is 9.89. The Hall–Kier alpha value is -1.87. The van der Waals surface area contributed by atoms with Gasteiger partial charge in [0.2, 0.25) is 0 Å². The second kappa shape index (κ2) is 6.88. The maximum absolute atomic E-state index is 13.4. The van der Waals surface area contributed by atoms with Crippen molar-refractivity contribution in [2.24, 2.45) is 0 Å². The molecule has 152 valence electrons. The first-order valence-corrected chi connectivity index (χ1v) is 9.10. The van der Waals surface area contributed by atoms with E-state index in [-0.39, 0.29) is 17.0 Å². The van der Waals surface area contributed by atoms with Crippen LogP contribution in [0.2, 0.25) is 0 Å². The third kappa shape index (κ3) is 3.45. The fraction of sp³-hybridized carbons (Fsp3) is 0.526. The van der Waals surface area contributed by atoms with Crippen molar-refractivity contribution in [3.63, 3.8) is 0 Å². The van der Waals surface area contributed by atoms with E-state index in [0.29, 0.717) is 13.2 Å². The number of hydrogen-bond donors (Lipinski definition) is 0. The van der Waals surface area contributed by atoms with E-state index in [2.05, 4.69) is 9.88 Å². The number of nitrogens with zero attached hydrogens (tertiary/aromatic N) is 2. The summed E-state index contributed by atoms with van der Waals surface area (Å²) in [6.07, 6.45) is -7.75. The van der Waals surface area contributed by atoms with Crippen molar-refractivity contribution < 1.29 is 31.1 Å². The van der Waals surface area contributed by atoms with Crippen LogP contribution in [-0.2, 0) is 17.1 Å². The van der Waals surface area contributed by atoms with Crippen molar-refractivity contribution in [1.82, 2.24) is 9.88 Å². The van der Waals surface area contributed by atoms with Crippen LogP contribution in [0.5, 0.6) is 0 Å². The molecule has 0 spiro atoms. The number of rotatable bonds is 1. The Morgan fingerprint density at radius 1 is 1.00 bits per heavy atom. The van der Waals surface area contributed by atoms with Crippen LogP contribution >= 0.6 is 0 Å². The second-order valence-electron chi connectivity index (χ2n) is 7.18. The van der Waals surface area contributed by atoms with Gasteiger partial charge >= 0.3 is 12.4 Å². The van der Waals surface area contributed by atoms with Crippen molar-refractivity contribution in [1.29, 1.82) is 0 Å². The normalized spacial score (nSPS) is 24.4. The van der Waals surface area contributed by atoms with Gasteiger partial charge in [-0.2, -0.15) is 26.3 Å². The van der Waals surface area contributed by atoms with Gasteiger partial charge in [-0.1, -0.05) is 18.6 Å². The number of benzene rings is 1. The standard InChI is InChI=1S/C19H18F6N2O/c20-18(21,22)13-5-3-4-11-12(10-15(19(23,24)25)26-16(11)13)17-14-6-1-2-7-27(14)8-9-28-17/h3-5,10,14,17H,1-2,6-9H2/t14-,17+/m0/s1. The number of ether oxygens (including phenoxy) is 1. The van der Waals surface area contributed by atoms with Crippen molar-refractivity contribution in [2.75, 3.05) is 19.7 Å². The number of pyridine rings is 1. The minimum atomic E-state index is -4.86. The van der Waals surface area contributed by atoms with Crippen LogP contribution in [0.1, 0.15) is 42.2 Å². The fourth-order valence-electron chi connectivity index (χ4n) is 4.23. The number of piperidine rings is 1. The highest BCUT2D eigenvalue weighted by molar-refractivity contribution is 5.86. The number of halogens is 6. The van der Waals surface area contributed by atoms with Gasteiger partial charge in [0.15, 0.2) is 0 Å². The average molecular weight is 404 g/mol. The van der Waals surface area contributed by atoms with E-state index in [1.165, 1.54) is 12.1 Å². The van der Waals surface area contributed by atoms with Gasteiger partial charge < -0.3 is 4.74 Å². The third-order valence-corrected chi connectivity index (χ3v) is 5.46. The predicted molar refractivity (Wildman–Crippen MR) is 89.7 cm³/mol. The molecule has 1 aromatic heterocycles. The summed E-state index contributed by atoms with van der Waals surface area (Å²) in [4.78, 5) is 5.52. The summed E-state index contributed by atoms with van der Waals surface area (Å²) in [6.45, 7) is 1.81. The van der Waals surface area contributed by atoms with Gasteiger partial charge in [0.25, 0.3) is 0 Å². The lowest BCUT2D eigenvalue weighted by molar-refractivity contribution is -0.142. The molecule has 3 heterocycles. The van der Waals surface area contributed by atoms with E-state index in [9.17, 15) is 26.3 Å². The maximum Gasteiger partial charge on any atom is 0.433 e. The van der Waals surface area contributed by atoms with Crippen molar-refractivity contribution in [2.45, 2.75) is 43.8 Å². The van der Waals surface area contributed by atoms with Crippen molar-refractivity contribution in [3.8, 4) is 0 Å². The Morgan fingerprint density at radius 2 is 1.79 bits per heavy atom. The lowest BCUT2D eigenvalue weighted by Crippen LogP contribution is -2.49. The van der Waals surface area contributed by atoms with Crippen molar-refractivity contribution >= 4 is 10.9 Å². The first kappa shape index (κ1) is 19.4. The molecular formula is C19H18F6N2O. The zero-order valence-electron chi connectivity index (χ0n) is 14.8. The van der Waals surface area contributed by atoms with Crippen LogP contribution in [0, 0.1) is 0 Å². The maximum atomic E-state index is 13.4. The lowest BCUT2D eigenvalue weighted by Gasteiger charge is -2.44. The number of aromatic nitrogens is 1. The SMILES string of the molecule is FC(F)(F)c1cc([C@H]2OCCN3CCCC[C@@H]23)c2cccc(C(F)(F)F)c2n1. The van der Waals surface area contributed by atoms with E-state index in [1.54, 1.807) is 0 Å². The van der Waals surface area contributed by atoms with Gasteiger partial charge in [-0.15, -0.1) is 0 Å². The van der Waals surface area contributed by atoms with Gasteiger partial charge in [-0.05, 0) is 37.1 Å². The first-order valence-electron chi connectivity index (χ1n) is 9.10. The monoisotopic (exact) mass is 404 g/mol. The van der Waals surface area contributed by atoms with E-state index in [4.69, 9.17) is 4.74 Å². The zero-order chi connectivity index (χ0) is 20.1. The van der Waals surface area contributed by atoms with E-state index in [0.717, 1.165) is 37.9 Å². The van der Waals surface area contributed by atoms with Crippen LogP contribution in [0.3, 0.4) is 0 Å². The summed E-state index contributed by atoms with van der Waals surface area (Å²) in [5.41, 5.74) is -3.06. The second-order valence-corrected chi connectivity index (χ2v) is 7.18. The Kier molecular flexibility index (Phi) is 4.78. The summed E-state index contributed by atoms with van der Waals surface area (Å²) < 4.78 is 86.4. The number of fused-ring (bicyclic) bond motifs is 2. The Bertz CT molecular complexity index is 877. The molecule has 0 unspecified atom stereocenters. The summed E-state index contributed by atoms with van der Waals surface area (Å²) in [5.74, 6) is 0. The molecule has 2 aliphatic heterocycles. The quantitative estimate of drug-likeness (QED) is 0.611. The summed E-state index contributed by atoms with van der Waals surface area (Å²) >= 11 is 0. The fourth-order valence-corrected chi connectivity index (χ4v) is 4.23. The summed E-state index contributed by atoms with van der Waals surface area (Å²) in [7, 11) is 0. The zero-order valence-corrected chi connectivity index (χ0v) is 14.8. The van der Waals surface area contributed by atoms with Gasteiger partial charge in [0, 0.05) is 18.0 Å². The van der Waals surface area contributed by atoms with Crippen LogP contribution in [0.4, 0.5) is 26.3 Å². The third-order valence-electron chi connectivity index (χ3n) is 5.46. The molecule has 0 bridgehead atoms. The Morgan fingerprint density at radius 3 is 2.50 bits per heavy atom. The van der Waals surface area contributed by atoms with Crippen LogP contribution in [-0.4, -0.2) is 35.6 Å². The Balaban J connectivity index is 1.94. The molecule has 1 aromatic carbocycles. The molecule has 2 fully saturated rings.